The first-order chi connectivity index (χ1) is 14.0. The fraction of sp³-hybridized carbons (Fsp3) is 0.409. The number of hydrogen-bond donors (Lipinski definition) is 1. The maximum atomic E-state index is 12.8. The van der Waals surface area contributed by atoms with E-state index < -0.39 is 22.0 Å². The second-order valence-corrected chi connectivity index (χ2v) is 9.30. The molecule has 0 aromatic heterocycles. The van der Waals surface area contributed by atoms with E-state index in [1.165, 1.54) is 7.11 Å². The molecule has 0 spiro atoms. The molecule has 0 saturated carbocycles. The Labute approximate surface area is 179 Å². The molecule has 1 atom stereocenters. The fourth-order valence-electron chi connectivity index (χ4n) is 3.09. The molecule has 8 heteroatoms. The minimum Gasteiger partial charge on any atom is -0.495 e. The van der Waals surface area contributed by atoms with Crippen molar-refractivity contribution in [1.82, 2.24) is 5.32 Å². The van der Waals surface area contributed by atoms with Gasteiger partial charge in [-0.2, -0.15) is 0 Å². The second-order valence-electron chi connectivity index (χ2n) is 7.44. The summed E-state index contributed by atoms with van der Waals surface area (Å²) in [6, 6.07) is 11.7. The van der Waals surface area contributed by atoms with Crippen molar-refractivity contribution in [3.05, 3.63) is 53.6 Å². The minimum atomic E-state index is -3.74. The van der Waals surface area contributed by atoms with Gasteiger partial charge in [0.25, 0.3) is 0 Å². The van der Waals surface area contributed by atoms with Crippen LogP contribution in [0.15, 0.2) is 42.5 Å². The number of rotatable bonds is 9. The SMILES string of the molecule is COc1ccc(C)cc1N(C(C)C(=O)NCc1cccc(OC(C)C)c1)S(C)(=O)=O. The lowest BCUT2D eigenvalue weighted by atomic mass is 10.1. The molecule has 1 amide bonds. The van der Waals surface area contributed by atoms with Crippen LogP contribution >= 0.6 is 0 Å². The molecule has 7 nitrogen and oxygen atoms in total. The molecule has 0 aliphatic heterocycles. The van der Waals surface area contributed by atoms with Crippen LogP contribution in [0.1, 0.15) is 31.9 Å². The first-order valence-corrected chi connectivity index (χ1v) is 11.5. The lowest BCUT2D eigenvalue weighted by Gasteiger charge is -2.29. The molecule has 2 aromatic rings. The third-order valence-electron chi connectivity index (χ3n) is 4.40. The summed E-state index contributed by atoms with van der Waals surface area (Å²) < 4.78 is 37.2. The van der Waals surface area contributed by atoms with Gasteiger partial charge < -0.3 is 14.8 Å². The van der Waals surface area contributed by atoms with Crippen LogP contribution in [0, 0.1) is 6.92 Å². The van der Waals surface area contributed by atoms with Crippen molar-refractivity contribution < 1.29 is 22.7 Å². The Morgan fingerprint density at radius 3 is 2.43 bits per heavy atom. The average Bonchev–Trinajstić information content (AvgIpc) is 2.65. The third kappa shape index (κ3) is 6.13. The normalized spacial score (nSPS) is 12.4. The van der Waals surface area contributed by atoms with Crippen LogP contribution in [0.5, 0.6) is 11.5 Å². The molecule has 30 heavy (non-hydrogen) atoms. The van der Waals surface area contributed by atoms with Crippen molar-refractivity contribution in [2.75, 3.05) is 17.7 Å². The molecule has 164 valence electrons. The summed E-state index contributed by atoms with van der Waals surface area (Å²) in [5, 5.41) is 2.81. The molecule has 2 aromatic carbocycles. The van der Waals surface area contributed by atoms with Gasteiger partial charge >= 0.3 is 0 Å². The van der Waals surface area contributed by atoms with Gasteiger partial charge in [0.2, 0.25) is 15.9 Å². The Kier molecular flexibility index (Phi) is 7.72. The number of ether oxygens (including phenoxy) is 2. The van der Waals surface area contributed by atoms with Crippen molar-refractivity contribution in [3.8, 4) is 11.5 Å². The number of amides is 1. The van der Waals surface area contributed by atoms with E-state index in [1.807, 2.05) is 51.1 Å². The molecule has 1 unspecified atom stereocenters. The van der Waals surface area contributed by atoms with Gasteiger partial charge in [0, 0.05) is 6.54 Å². The molecule has 0 saturated heterocycles. The third-order valence-corrected chi connectivity index (χ3v) is 5.62. The fourth-order valence-corrected chi connectivity index (χ4v) is 4.26. The first kappa shape index (κ1) is 23.5. The van der Waals surface area contributed by atoms with Gasteiger partial charge in [0.05, 0.1) is 25.2 Å². The van der Waals surface area contributed by atoms with Gasteiger partial charge in [-0.05, 0) is 63.1 Å². The van der Waals surface area contributed by atoms with E-state index in [-0.39, 0.29) is 12.6 Å². The summed E-state index contributed by atoms with van der Waals surface area (Å²) in [4.78, 5) is 12.8. The average molecular weight is 435 g/mol. The maximum Gasteiger partial charge on any atom is 0.243 e. The number of methoxy groups -OCH3 is 1. The largest absolute Gasteiger partial charge is 0.495 e. The number of sulfonamides is 1. The van der Waals surface area contributed by atoms with Crippen molar-refractivity contribution >= 4 is 21.6 Å². The van der Waals surface area contributed by atoms with Crippen LogP contribution in [-0.4, -0.2) is 39.8 Å². The monoisotopic (exact) mass is 434 g/mol. The molecule has 0 heterocycles. The lowest BCUT2D eigenvalue weighted by molar-refractivity contribution is -0.122. The summed E-state index contributed by atoms with van der Waals surface area (Å²) in [5.74, 6) is 0.676. The number of carbonyl (C=O) groups is 1. The standard InChI is InChI=1S/C22H30N2O5S/c1-15(2)29-19-9-7-8-18(13-19)14-23-22(25)17(4)24(30(6,26)27)20-12-16(3)10-11-21(20)28-5/h7-13,15,17H,14H2,1-6H3,(H,23,25). The minimum absolute atomic E-state index is 0.0440. The molecule has 0 aliphatic rings. The van der Waals surface area contributed by atoms with Crippen molar-refractivity contribution in [1.29, 1.82) is 0 Å². The van der Waals surface area contributed by atoms with E-state index in [0.717, 1.165) is 21.7 Å². The Morgan fingerprint density at radius 1 is 1.13 bits per heavy atom. The highest BCUT2D eigenvalue weighted by Crippen LogP contribution is 2.32. The number of hydrogen-bond acceptors (Lipinski definition) is 5. The number of anilines is 1. The van der Waals surface area contributed by atoms with Gasteiger partial charge in [-0.25, -0.2) is 8.42 Å². The zero-order valence-corrected chi connectivity index (χ0v) is 19.1. The summed E-state index contributed by atoms with van der Waals surface area (Å²) in [5.41, 5.74) is 2.04. The van der Waals surface area contributed by atoms with Crippen molar-refractivity contribution in [2.45, 2.75) is 46.4 Å². The summed E-state index contributed by atoms with van der Waals surface area (Å²) in [6.07, 6.45) is 1.12. The van der Waals surface area contributed by atoms with Crippen LogP contribution in [0.2, 0.25) is 0 Å². The molecule has 0 fully saturated rings. The predicted molar refractivity (Wildman–Crippen MR) is 119 cm³/mol. The highest BCUT2D eigenvalue weighted by atomic mass is 32.2. The van der Waals surface area contributed by atoms with E-state index in [4.69, 9.17) is 9.47 Å². The number of aryl methyl sites for hydroxylation is 1. The van der Waals surface area contributed by atoms with Gasteiger partial charge in [-0.3, -0.25) is 9.10 Å². The first-order valence-electron chi connectivity index (χ1n) is 9.70. The Bertz CT molecular complexity index is 989. The molecule has 1 N–H and O–H groups in total. The van der Waals surface area contributed by atoms with Crippen molar-refractivity contribution in [2.24, 2.45) is 0 Å². The highest BCUT2D eigenvalue weighted by molar-refractivity contribution is 7.92. The molecular formula is C22H30N2O5S. The number of benzene rings is 2. The zero-order valence-electron chi connectivity index (χ0n) is 18.3. The summed E-state index contributed by atoms with van der Waals surface area (Å²) in [6.45, 7) is 7.53. The highest BCUT2D eigenvalue weighted by Gasteiger charge is 2.31. The van der Waals surface area contributed by atoms with E-state index in [2.05, 4.69) is 5.32 Å². The quantitative estimate of drug-likeness (QED) is 0.655. The van der Waals surface area contributed by atoms with Crippen LogP contribution in [0.3, 0.4) is 0 Å². The van der Waals surface area contributed by atoms with Crippen LogP contribution in [-0.2, 0) is 21.4 Å². The Hall–Kier alpha value is -2.74. The lowest BCUT2D eigenvalue weighted by Crippen LogP contribution is -2.47. The maximum absolute atomic E-state index is 12.8. The van der Waals surface area contributed by atoms with Crippen LogP contribution in [0.4, 0.5) is 5.69 Å². The van der Waals surface area contributed by atoms with Crippen LogP contribution < -0.4 is 19.1 Å². The van der Waals surface area contributed by atoms with Gasteiger partial charge in [-0.1, -0.05) is 18.2 Å². The molecule has 2 rings (SSSR count). The van der Waals surface area contributed by atoms with Crippen molar-refractivity contribution in [3.63, 3.8) is 0 Å². The summed E-state index contributed by atoms with van der Waals surface area (Å²) >= 11 is 0. The molecule has 0 radical (unpaired) electrons. The number of carbonyl (C=O) groups excluding carboxylic acids is 1. The van der Waals surface area contributed by atoms with Gasteiger partial charge in [-0.15, -0.1) is 0 Å². The van der Waals surface area contributed by atoms with Gasteiger partial charge in [0.15, 0.2) is 0 Å². The second kappa shape index (κ2) is 9.84. The predicted octanol–water partition coefficient (Wildman–Crippen LogP) is 3.26. The van der Waals surface area contributed by atoms with E-state index in [9.17, 15) is 13.2 Å². The molecule has 0 aliphatic carbocycles. The summed E-state index contributed by atoms with van der Waals surface area (Å²) in [7, 11) is -2.28. The number of nitrogens with one attached hydrogen (secondary N) is 1. The topological polar surface area (TPSA) is 84.9 Å². The van der Waals surface area contributed by atoms with E-state index in [0.29, 0.717) is 17.2 Å². The zero-order chi connectivity index (χ0) is 22.5. The van der Waals surface area contributed by atoms with Gasteiger partial charge in [0.1, 0.15) is 17.5 Å². The Balaban J connectivity index is 2.22. The number of nitrogens with zero attached hydrogens (tertiary/aromatic N) is 1. The van der Waals surface area contributed by atoms with E-state index in [1.54, 1.807) is 19.1 Å². The molecular weight excluding hydrogens is 404 g/mol. The molecule has 0 bridgehead atoms. The Morgan fingerprint density at radius 2 is 1.83 bits per heavy atom. The smallest absolute Gasteiger partial charge is 0.243 e. The van der Waals surface area contributed by atoms with Crippen LogP contribution in [0.25, 0.3) is 0 Å². The van der Waals surface area contributed by atoms with E-state index >= 15 is 0 Å².